The first-order chi connectivity index (χ1) is 16.8. The number of benzene rings is 2. The minimum atomic E-state index is -4.46. The zero-order valence-corrected chi connectivity index (χ0v) is 18.9. The number of alkyl halides is 3. The molecule has 6 nitrogen and oxygen atoms in total. The van der Waals surface area contributed by atoms with Crippen LogP contribution >= 0.6 is 0 Å². The van der Waals surface area contributed by atoms with E-state index in [9.17, 15) is 22.4 Å². The van der Waals surface area contributed by atoms with Crippen molar-refractivity contribution < 1.29 is 31.5 Å². The van der Waals surface area contributed by atoms with Crippen molar-refractivity contribution in [2.75, 3.05) is 13.2 Å². The maximum absolute atomic E-state index is 13.7. The highest BCUT2D eigenvalue weighted by Gasteiger charge is 2.30. The van der Waals surface area contributed by atoms with E-state index in [0.717, 1.165) is 25.0 Å². The molecule has 1 N–H and O–H groups in total. The van der Waals surface area contributed by atoms with Gasteiger partial charge in [-0.25, -0.2) is 9.37 Å². The summed E-state index contributed by atoms with van der Waals surface area (Å²) >= 11 is 0. The fourth-order valence-electron chi connectivity index (χ4n) is 3.95. The van der Waals surface area contributed by atoms with Gasteiger partial charge >= 0.3 is 6.18 Å². The first-order valence-electron chi connectivity index (χ1n) is 11.2. The third-order valence-electron chi connectivity index (χ3n) is 5.61. The Morgan fingerprint density at radius 3 is 2.51 bits per heavy atom. The van der Waals surface area contributed by atoms with E-state index in [0.29, 0.717) is 24.3 Å². The van der Waals surface area contributed by atoms with E-state index in [-0.39, 0.29) is 37.3 Å². The topological polar surface area (TPSA) is 67.6 Å². The summed E-state index contributed by atoms with van der Waals surface area (Å²) < 4.78 is 64.1. The fraction of sp³-hybridized carbons (Fsp3) is 0.360. The number of oxazole rings is 1. The molecule has 1 aliphatic rings. The second-order valence-corrected chi connectivity index (χ2v) is 8.44. The zero-order chi connectivity index (χ0) is 24.8. The fourth-order valence-corrected chi connectivity index (χ4v) is 3.95. The van der Waals surface area contributed by atoms with Crippen molar-refractivity contribution in [2.45, 2.75) is 44.8 Å². The van der Waals surface area contributed by atoms with E-state index >= 15 is 0 Å². The van der Waals surface area contributed by atoms with Crippen molar-refractivity contribution in [3.05, 3.63) is 88.9 Å². The van der Waals surface area contributed by atoms with Gasteiger partial charge in [-0.15, -0.1) is 0 Å². The number of nitrogens with zero attached hydrogens (tertiary/aromatic N) is 2. The second kappa shape index (κ2) is 11.0. The van der Waals surface area contributed by atoms with Crippen LogP contribution < -0.4 is 5.32 Å². The lowest BCUT2D eigenvalue weighted by molar-refractivity contribution is -0.137. The molecule has 1 aliphatic heterocycles. The van der Waals surface area contributed by atoms with Crippen molar-refractivity contribution in [3.8, 4) is 0 Å². The summed E-state index contributed by atoms with van der Waals surface area (Å²) in [7, 11) is 0. The van der Waals surface area contributed by atoms with Crippen LogP contribution in [0.4, 0.5) is 17.6 Å². The maximum atomic E-state index is 13.7. The van der Waals surface area contributed by atoms with Crippen LogP contribution in [-0.4, -0.2) is 35.0 Å². The summed E-state index contributed by atoms with van der Waals surface area (Å²) in [5, 5.41) is 2.77. The molecule has 0 unspecified atom stereocenters. The third kappa shape index (κ3) is 7.12. The highest BCUT2D eigenvalue weighted by Crippen LogP contribution is 2.30. The predicted molar refractivity (Wildman–Crippen MR) is 119 cm³/mol. The SMILES string of the molecule is O=C(NC[C@@H]1CCCO1)c1coc(CN(Cc2cccc(F)c2)Cc2cccc(C(F)(F)F)c2)n1. The number of hydrogen-bond acceptors (Lipinski definition) is 5. The van der Waals surface area contributed by atoms with Gasteiger partial charge in [-0.05, 0) is 42.2 Å². The van der Waals surface area contributed by atoms with Crippen LogP contribution in [0.1, 0.15) is 45.9 Å². The predicted octanol–water partition coefficient (Wildman–Crippen LogP) is 4.94. The maximum Gasteiger partial charge on any atom is 0.416 e. The van der Waals surface area contributed by atoms with E-state index < -0.39 is 23.5 Å². The summed E-state index contributed by atoms with van der Waals surface area (Å²) in [6.45, 7) is 1.52. The smallest absolute Gasteiger partial charge is 0.416 e. The Morgan fingerprint density at radius 1 is 1.09 bits per heavy atom. The largest absolute Gasteiger partial charge is 0.447 e. The van der Waals surface area contributed by atoms with Gasteiger partial charge in [0.15, 0.2) is 5.69 Å². The van der Waals surface area contributed by atoms with Gasteiger partial charge in [0, 0.05) is 26.2 Å². The monoisotopic (exact) mass is 491 g/mol. The molecule has 4 rings (SSSR count). The molecule has 0 bridgehead atoms. The molecule has 186 valence electrons. The molecular weight excluding hydrogens is 466 g/mol. The molecule has 1 fully saturated rings. The summed E-state index contributed by atoms with van der Waals surface area (Å²) in [5.74, 6) is -0.594. The first kappa shape index (κ1) is 24.9. The van der Waals surface area contributed by atoms with Crippen molar-refractivity contribution in [1.29, 1.82) is 0 Å². The Kier molecular flexibility index (Phi) is 7.82. The van der Waals surface area contributed by atoms with Crippen LogP contribution in [0.15, 0.2) is 59.2 Å². The summed E-state index contributed by atoms with van der Waals surface area (Å²) in [6, 6.07) is 11.0. The number of hydrogen-bond donors (Lipinski definition) is 1. The lowest BCUT2D eigenvalue weighted by Crippen LogP contribution is -2.32. The number of halogens is 4. The van der Waals surface area contributed by atoms with Crippen molar-refractivity contribution in [3.63, 3.8) is 0 Å². The molecule has 0 radical (unpaired) electrons. The number of rotatable bonds is 9. The highest BCUT2D eigenvalue weighted by atomic mass is 19.4. The minimum Gasteiger partial charge on any atom is -0.447 e. The van der Waals surface area contributed by atoms with Gasteiger partial charge in [-0.3, -0.25) is 9.69 Å². The van der Waals surface area contributed by atoms with E-state index in [1.165, 1.54) is 24.5 Å². The molecular formula is C25H25F4N3O3. The van der Waals surface area contributed by atoms with Gasteiger partial charge in [0.25, 0.3) is 5.91 Å². The van der Waals surface area contributed by atoms with Crippen molar-refractivity contribution in [2.24, 2.45) is 0 Å². The number of amides is 1. The van der Waals surface area contributed by atoms with Gasteiger partial charge in [-0.2, -0.15) is 13.2 Å². The van der Waals surface area contributed by atoms with E-state index in [2.05, 4.69) is 10.3 Å². The Bertz CT molecular complexity index is 1140. The minimum absolute atomic E-state index is 0.0143. The van der Waals surface area contributed by atoms with Gasteiger partial charge in [-0.1, -0.05) is 30.3 Å². The van der Waals surface area contributed by atoms with Crippen LogP contribution in [0.2, 0.25) is 0 Å². The lowest BCUT2D eigenvalue weighted by Gasteiger charge is -2.21. The van der Waals surface area contributed by atoms with Crippen LogP contribution in [0, 0.1) is 5.82 Å². The molecule has 1 amide bonds. The Hall–Kier alpha value is -3.24. The summed E-state index contributed by atoms with van der Waals surface area (Å²) in [5.41, 5.74) is 0.417. The number of carbonyl (C=O) groups excluding carboxylic acids is 1. The first-order valence-corrected chi connectivity index (χ1v) is 11.2. The average Bonchev–Trinajstić information content (AvgIpc) is 3.49. The molecule has 0 aliphatic carbocycles. The Labute approximate surface area is 199 Å². The normalized spacial score (nSPS) is 16.1. The molecule has 1 saturated heterocycles. The van der Waals surface area contributed by atoms with Crippen LogP contribution in [0.3, 0.4) is 0 Å². The van der Waals surface area contributed by atoms with Crippen LogP contribution in [0.25, 0.3) is 0 Å². The number of ether oxygens (including phenoxy) is 1. The molecule has 2 heterocycles. The molecule has 0 saturated carbocycles. The van der Waals surface area contributed by atoms with Crippen LogP contribution in [0.5, 0.6) is 0 Å². The number of carbonyl (C=O) groups is 1. The number of nitrogens with one attached hydrogen (secondary N) is 1. The molecule has 35 heavy (non-hydrogen) atoms. The summed E-state index contributed by atoms with van der Waals surface area (Å²) in [4.78, 5) is 18.4. The average molecular weight is 491 g/mol. The van der Waals surface area contributed by atoms with Crippen molar-refractivity contribution in [1.82, 2.24) is 15.2 Å². The molecule has 3 aromatic rings. The van der Waals surface area contributed by atoms with Gasteiger partial charge < -0.3 is 14.5 Å². The van der Waals surface area contributed by atoms with Crippen LogP contribution in [-0.2, 0) is 30.5 Å². The molecule has 10 heteroatoms. The molecule has 0 spiro atoms. The number of aromatic nitrogens is 1. The van der Waals surface area contributed by atoms with E-state index in [1.54, 1.807) is 23.1 Å². The van der Waals surface area contributed by atoms with Gasteiger partial charge in [0.05, 0.1) is 18.2 Å². The van der Waals surface area contributed by atoms with Crippen molar-refractivity contribution >= 4 is 5.91 Å². The molecule has 1 atom stereocenters. The third-order valence-corrected chi connectivity index (χ3v) is 5.61. The standard InChI is InChI=1S/C25H25F4N3O3/c26-20-7-2-5-18(11-20)14-32(13-17-4-1-6-19(10-17)25(27,28)29)15-23-31-22(16-35-23)24(33)30-12-21-8-3-9-34-21/h1-2,4-7,10-11,16,21H,3,8-9,12-15H2,(H,30,33)/t21-/m0/s1. The molecule has 2 aromatic carbocycles. The van der Waals surface area contributed by atoms with Gasteiger partial charge in [0.1, 0.15) is 12.1 Å². The van der Waals surface area contributed by atoms with E-state index in [4.69, 9.17) is 9.15 Å². The highest BCUT2D eigenvalue weighted by molar-refractivity contribution is 5.91. The molecule has 1 aromatic heterocycles. The lowest BCUT2D eigenvalue weighted by atomic mass is 10.1. The summed E-state index contributed by atoms with van der Waals surface area (Å²) in [6.07, 6.45) is -1.39. The zero-order valence-electron chi connectivity index (χ0n) is 18.9. The Balaban J connectivity index is 1.47. The van der Waals surface area contributed by atoms with E-state index in [1.807, 2.05) is 0 Å². The Morgan fingerprint density at radius 2 is 1.83 bits per heavy atom. The van der Waals surface area contributed by atoms with Gasteiger partial charge in [0.2, 0.25) is 5.89 Å². The second-order valence-electron chi connectivity index (χ2n) is 8.44. The quantitative estimate of drug-likeness (QED) is 0.430.